The lowest BCUT2D eigenvalue weighted by molar-refractivity contribution is -0.127. The van der Waals surface area contributed by atoms with E-state index in [9.17, 15) is 19.8 Å². The van der Waals surface area contributed by atoms with Gasteiger partial charge in [-0.15, -0.1) is 0 Å². The molecule has 1 aromatic rings. The lowest BCUT2D eigenvalue weighted by Crippen LogP contribution is -2.33. The molecule has 0 aromatic carbocycles. The molecule has 0 radical (unpaired) electrons. The van der Waals surface area contributed by atoms with E-state index in [1.807, 2.05) is 0 Å². The van der Waals surface area contributed by atoms with Crippen LogP contribution in [0, 0.1) is 6.92 Å². The minimum atomic E-state index is -1.76. The van der Waals surface area contributed by atoms with Crippen LogP contribution < -0.4 is 11.4 Å². The summed E-state index contributed by atoms with van der Waals surface area (Å²) in [6.07, 6.45) is 1.05. The zero-order valence-electron chi connectivity index (χ0n) is 11.8. The zero-order valence-corrected chi connectivity index (χ0v) is 11.8. The van der Waals surface area contributed by atoms with Crippen molar-refractivity contribution < 1.29 is 19.4 Å². The Morgan fingerprint density at radius 2 is 2.14 bits per heavy atom. The fourth-order valence-corrected chi connectivity index (χ4v) is 2.63. The van der Waals surface area contributed by atoms with Gasteiger partial charge in [-0.2, -0.15) is 0 Å². The third kappa shape index (κ3) is 2.27. The van der Waals surface area contributed by atoms with Crippen molar-refractivity contribution in [3.05, 3.63) is 51.7 Å². The van der Waals surface area contributed by atoms with Gasteiger partial charge < -0.3 is 20.4 Å². The van der Waals surface area contributed by atoms with Crippen LogP contribution in [-0.2, 0) is 4.79 Å². The first kappa shape index (κ1) is 15.1. The van der Waals surface area contributed by atoms with Crippen molar-refractivity contribution in [2.45, 2.75) is 31.8 Å². The number of ketones is 1. The molecule has 0 saturated heterocycles. The smallest absolute Gasteiger partial charge is 0.343 e. The Hall–Kier alpha value is -2.34. The maximum atomic E-state index is 12.3. The number of carbonyl (C=O) groups excluding carboxylic acids is 1. The number of hydrogen-bond donors (Lipinski definition) is 3. The van der Waals surface area contributed by atoms with E-state index in [1.165, 1.54) is 13.0 Å². The maximum absolute atomic E-state index is 12.3. The van der Waals surface area contributed by atoms with Gasteiger partial charge in [0, 0.05) is 29.7 Å². The van der Waals surface area contributed by atoms with Gasteiger partial charge in [0.05, 0.1) is 5.56 Å². The number of nitrogens with two attached hydrogens (primary N) is 1. The molecule has 0 bridgehead atoms. The van der Waals surface area contributed by atoms with Crippen LogP contribution in [0.25, 0.3) is 0 Å². The van der Waals surface area contributed by atoms with Crippen LogP contribution in [0.4, 0.5) is 0 Å². The van der Waals surface area contributed by atoms with Gasteiger partial charge >= 0.3 is 5.63 Å². The van der Waals surface area contributed by atoms with Crippen LogP contribution in [0.15, 0.2) is 39.2 Å². The van der Waals surface area contributed by atoms with Gasteiger partial charge in [-0.3, -0.25) is 4.79 Å². The molecule has 2 atom stereocenters. The van der Waals surface area contributed by atoms with E-state index < -0.39 is 22.9 Å². The molecule has 0 aliphatic heterocycles. The number of aryl methyl sites for hydroxylation is 1. The highest BCUT2D eigenvalue weighted by atomic mass is 16.4. The molecular weight excluding hydrogens is 274 g/mol. The highest BCUT2D eigenvalue weighted by molar-refractivity contribution is 6.07. The number of aliphatic hydroxyl groups is 1. The summed E-state index contributed by atoms with van der Waals surface area (Å²) in [5.41, 5.74) is 3.56. The molecule has 0 amide bonds. The summed E-state index contributed by atoms with van der Waals surface area (Å²) < 4.78 is 4.95. The Kier molecular flexibility index (Phi) is 3.51. The summed E-state index contributed by atoms with van der Waals surface area (Å²) in [6.45, 7) is 6.51. The van der Waals surface area contributed by atoms with Crippen molar-refractivity contribution in [2.24, 2.45) is 5.73 Å². The van der Waals surface area contributed by atoms with Gasteiger partial charge in [0.15, 0.2) is 11.4 Å². The number of carbonyl (C=O) groups is 1. The topological polar surface area (TPSA) is 114 Å². The van der Waals surface area contributed by atoms with Crippen LogP contribution in [0.1, 0.15) is 30.6 Å². The molecule has 0 fully saturated rings. The summed E-state index contributed by atoms with van der Waals surface area (Å²) in [7, 11) is 0. The summed E-state index contributed by atoms with van der Waals surface area (Å²) >= 11 is 0. The highest BCUT2D eigenvalue weighted by Crippen LogP contribution is 2.39. The van der Waals surface area contributed by atoms with Gasteiger partial charge in [-0.25, -0.2) is 4.79 Å². The van der Waals surface area contributed by atoms with E-state index in [1.54, 1.807) is 6.92 Å². The molecule has 6 nitrogen and oxygen atoms in total. The number of aromatic hydroxyl groups is 1. The van der Waals surface area contributed by atoms with Crippen molar-refractivity contribution in [2.75, 3.05) is 0 Å². The van der Waals surface area contributed by atoms with Crippen LogP contribution in [-0.4, -0.2) is 21.6 Å². The first-order chi connectivity index (χ1) is 9.71. The zero-order chi connectivity index (χ0) is 15.9. The van der Waals surface area contributed by atoms with Gasteiger partial charge in [0.25, 0.3) is 0 Å². The molecule has 1 aromatic heterocycles. The van der Waals surface area contributed by atoms with Crippen molar-refractivity contribution in [3.8, 4) is 5.75 Å². The standard InChI is InChI=1S/C15H17NO5/c1-4-15(20)6-9(16)11(13(15)18)8(3)12-10(17)5-7(2)21-14(12)19/h4-5,8,17,20H,1,6,16H2,2-3H3/t8-,15-/m0/s1. The fourth-order valence-electron chi connectivity index (χ4n) is 2.63. The Balaban J connectivity index is 2.54. The van der Waals surface area contributed by atoms with E-state index in [0.29, 0.717) is 0 Å². The minimum absolute atomic E-state index is 0.0554. The normalized spacial score (nSPS) is 23.5. The van der Waals surface area contributed by atoms with Crippen LogP contribution in [0.3, 0.4) is 0 Å². The monoisotopic (exact) mass is 291 g/mol. The van der Waals surface area contributed by atoms with E-state index in [4.69, 9.17) is 10.2 Å². The van der Waals surface area contributed by atoms with E-state index in [0.717, 1.165) is 6.08 Å². The molecular formula is C15H17NO5. The van der Waals surface area contributed by atoms with E-state index in [2.05, 4.69) is 6.58 Å². The quantitative estimate of drug-likeness (QED) is 0.712. The number of rotatable bonds is 3. The summed E-state index contributed by atoms with van der Waals surface area (Å²) in [4.78, 5) is 24.2. The van der Waals surface area contributed by atoms with Crippen molar-refractivity contribution >= 4 is 5.78 Å². The summed E-state index contributed by atoms with van der Waals surface area (Å²) in [5, 5.41) is 20.1. The van der Waals surface area contributed by atoms with Crippen molar-refractivity contribution in [3.63, 3.8) is 0 Å². The second kappa shape index (κ2) is 4.89. The van der Waals surface area contributed by atoms with E-state index >= 15 is 0 Å². The second-order valence-corrected chi connectivity index (χ2v) is 5.24. The van der Waals surface area contributed by atoms with Crippen LogP contribution in [0.5, 0.6) is 5.75 Å². The summed E-state index contributed by atoms with van der Waals surface area (Å²) in [5.74, 6) is -1.40. The Morgan fingerprint density at radius 3 is 2.62 bits per heavy atom. The molecule has 0 spiro atoms. The van der Waals surface area contributed by atoms with Gasteiger partial charge in [0.1, 0.15) is 11.5 Å². The predicted molar refractivity (Wildman–Crippen MR) is 75.8 cm³/mol. The third-order valence-corrected chi connectivity index (χ3v) is 3.74. The molecule has 1 aliphatic carbocycles. The molecule has 21 heavy (non-hydrogen) atoms. The fraction of sp³-hybridized carbons (Fsp3) is 0.333. The van der Waals surface area contributed by atoms with Crippen LogP contribution in [0.2, 0.25) is 0 Å². The average molecular weight is 291 g/mol. The molecule has 1 aliphatic rings. The van der Waals surface area contributed by atoms with Crippen LogP contribution >= 0.6 is 0 Å². The first-order valence-corrected chi connectivity index (χ1v) is 6.44. The van der Waals surface area contributed by atoms with Crippen molar-refractivity contribution in [1.82, 2.24) is 0 Å². The lowest BCUT2D eigenvalue weighted by atomic mass is 9.88. The summed E-state index contributed by atoms with van der Waals surface area (Å²) in [6, 6.07) is 1.29. The Labute approximate surface area is 121 Å². The molecule has 0 saturated carbocycles. The van der Waals surface area contributed by atoms with Crippen molar-refractivity contribution in [1.29, 1.82) is 0 Å². The van der Waals surface area contributed by atoms with Gasteiger partial charge in [-0.05, 0) is 6.92 Å². The second-order valence-electron chi connectivity index (χ2n) is 5.24. The minimum Gasteiger partial charge on any atom is -0.507 e. The third-order valence-electron chi connectivity index (χ3n) is 3.74. The molecule has 1 heterocycles. The average Bonchev–Trinajstić information content (AvgIpc) is 2.59. The Morgan fingerprint density at radius 1 is 1.52 bits per heavy atom. The maximum Gasteiger partial charge on any atom is 0.343 e. The lowest BCUT2D eigenvalue weighted by Gasteiger charge is -2.18. The van der Waals surface area contributed by atoms with Gasteiger partial charge in [0.2, 0.25) is 0 Å². The number of hydrogen-bond acceptors (Lipinski definition) is 6. The SMILES string of the molecule is C=C[C@]1(O)CC(N)=C([C@H](C)c2c(O)cc(C)oc2=O)C1=O. The molecule has 0 unspecified atom stereocenters. The first-order valence-electron chi connectivity index (χ1n) is 6.44. The molecule has 112 valence electrons. The van der Waals surface area contributed by atoms with E-state index in [-0.39, 0.29) is 34.8 Å². The molecule has 6 heteroatoms. The Bertz CT molecular complexity index is 715. The predicted octanol–water partition coefficient (Wildman–Crippen LogP) is 0.860. The number of Topliss-reactive ketones (excluding diaryl/α,β-unsaturated/α-hetero) is 1. The molecule has 4 N–H and O–H groups in total. The largest absolute Gasteiger partial charge is 0.507 e. The van der Waals surface area contributed by atoms with Gasteiger partial charge in [-0.1, -0.05) is 19.6 Å². The molecule has 2 rings (SSSR count). The highest BCUT2D eigenvalue weighted by Gasteiger charge is 2.45.